The maximum atomic E-state index is 11.8. The van der Waals surface area contributed by atoms with Gasteiger partial charge in [0.2, 0.25) is 5.91 Å². The highest BCUT2D eigenvalue weighted by molar-refractivity contribution is 6.35. The van der Waals surface area contributed by atoms with Crippen molar-refractivity contribution in [3.8, 4) is 0 Å². The third-order valence-electron chi connectivity index (χ3n) is 2.80. The Balaban J connectivity index is 2.38. The first-order valence-electron chi connectivity index (χ1n) is 6.07. The molecule has 1 fully saturated rings. The molecule has 0 bridgehead atoms. The van der Waals surface area contributed by atoms with Gasteiger partial charge in [-0.15, -0.1) is 0 Å². The molecule has 3 N–H and O–H groups in total. The Morgan fingerprint density at radius 2 is 1.89 bits per heavy atom. The van der Waals surface area contributed by atoms with Gasteiger partial charge in [0.1, 0.15) is 0 Å². The molecule has 18 heavy (non-hydrogen) atoms. The predicted molar refractivity (Wildman–Crippen MR) is 65.5 cm³/mol. The summed E-state index contributed by atoms with van der Waals surface area (Å²) in [6.07, 6.45) is 2.00. The van der Waals surface area contributed by atoms with E-state index in [-0.39, 0.29) is 25.5 Å². The van der Waals surface area contributed by atoms with Crippen LogP contribution in [0.25, 0.3) is 0 Å². The van der Waals surface area contributed by atoms with Crippen molar-refractivity contribution in [3.63, 3.8) is 0 Å². The predicted octanol–water partition coefficient (Wildman–Crippen LogP) is -1.86. The van der Waals surface area contributed by atoms with E-state index in [1.165, 1.54) is 7.05 Å². The van der Waals surface area contributed by atoms with Gasteiger partial charge in [-0.05, 0) is 12.8 Å². The lowest BCUT2D eigenvalue weighted by Gasteiger charge is -2.20. The number of rotatable bonds is 4. The van der Waals surface area contributed by atoms with Crippen molar-refractivity contribution in [2.45, 2.75) is 12.8 Å². The first-order chi connectivity index (χ1) is 8.56. The van der Waals surface area contributed by atoms with Crippen LogP contribution < -0.4 is 11.1 Å². The molecular formula is C11H20N4O3. The van der Waals surface area contributed by atoms with Crippen LogP contribution in [0.1, 0.15) is 12.8 Å². The molecule has 1 heterocycles. The van der Waals surface area contributed by atoms with Crippen LogP contribution >= 0.6 is 0 Å². The van der Waals surface area contributed by atoms with Gasteiger partial charge in [0.15, 0.2) is 0 Å². The summed E-state index contributed by atoms with van der Waals surface area (Å²) in [4.78, 5) is 37.6. The van der Waals surface area contributed by atoms with Crippen LogP contribution in [-0.4, -0.2) is 67.3 Å². The topological polar surface area (TPSA) is 95.7 Å². The summed E-state index contributed by atoms with van der Waals surface area (Å²) >= 11 is 0. The summed E-state index contributed by atoms with van der Waals surface area (Å²) in [5, 5.41) is 2.38. The molecule has 7 heteroatoms. The molecule has 0 aromatic rings. The minimum absolute atomic E-state index is 0.0606. The number of hydrogen-bond donors (Lipinski definition) is 2. The van der Waals surface area contributed by atoms with Gasteiger partial charge in [-0.1, -0.05) is 0 Å². The van der Waals surface area contributed by atoms with Gasteiger partial charge in [-0.3, -0.25) is 14.4 Å². The fourth-order valence-electron chi connectivity index (χ4n) is 1.78. The molecule has 102 valence electrons. The molecule has 1 aliphatic heterocycles. The number of likely N-dealkylation sites (N-methyl/N-ethyl adjacent to an activating group) is 1. The van der Waals surface area contributed by atoms with Gasteiger partial charge in [0.25, 0.3) is 0 Å². The number of likely N-dealkylation sites (tertiary alicyclic amines) is 1. The minimum Gasteiger partial charge on any atom is -0.347 e. The molecule has 1 rings (SSSR count). The smallest absolute Gasteiger partial charge is 0.312 e. The number of carbonyl (C=O) groups is 3. The fourth-order valence-corrected chi connectivity index (χ4v) is 1.78. The number of nitrogens with two attached hydrogens (primary N) is 1. The maximum absolute atomic E-state index is 11.8. The van der Waals surface area contributed by atoms with Crippen molar-refractivity contribution in [2.24, 2.45) is 5.73 Å². The average Bonchev–Trinajstić information content (AvgIpc) is 2.88. The van der Waals surface area contributed by atoms with E-state index >= 15 is 0 Å². The second-order valence-electron chi connectivity index (χ2n) is 4.29. The quantitative estimate of drug-likeness (QED) is 0.577. The molecule has 1 saturated heterocycles. The van der Waals surface area contributed by atoms with Crippen molar-refractivity contribution >= 4 is 17.7 Å². The minimum atomic E-state index is -0.725. The molecule has 0 atom stereocenters. The maximum Gasteiger partial charge on any atom is 0.312 e. The molecule has 7 nitrogen and oxygen atoms in total. The Bertz CT molecular complexity index is 326. The summed E-state index contributed by atoms with van der Waals surface area (Å²) in [5.74, 6) is -1.55. The molecule has 0 radical (unpaired) electrons. The van der Waals surface area contributed by atoms with Crippen LogP contribution in [0, 0.1) is 0 Å². The summed E-state index contributed by atoms with van der Waals surface area (Å²) in [6.45, 7) is 1.93. The highest BCUT2D eigenvalue weighted by Gasteiger charge is 2.24. The van der Waals surface area contributed by atoms with Gasteiger partial charge in [-0.25, -0.2) is 0 Å². The number of hydrogen-bond acceptors (Lipinski definition) is 4. The average molecular weight is 256 g/mol. The van der Waals surface area contributed by atoms with Crippen LogP contribution in [0.3, 0.4) is 0 Å². The Kier molecular flexibility index (Phi) is 5.57. The largest absolute Gasteiger partial charge is 0.347 e. The highest BCUT2D eigenvalue weighted by Crippen LogP contribution is 2.07. The van der Waals surface area contributed by atoms with Crippen LogP contribution in [-0.2, 0) is 14.4 Å². The summed E-state index contributed by atoms with van der Waals surface area (Å²) in [5.41, 5.74) is 5.22. The van der Waals surface area contributed by atoms with Crippen molar-refractivity contribution < 1.29 is 14.4 Å². The lowest BCUT2D eigenvalue weighted by atomic mass is 10.4. The van der Waals surface area contributed by atoms with Crippen molar-refractivity contribution in [3.05, 3.63) is 0 Å². The van der Waals surface area contributed by atoms with Crippen LogP contribution in [0.5, 0.6) is 0 Å². The Hall–Kier alpha value is -1.63. The van der Waals surface area contributed by atoms with E-state index in [0.717, 1.165) is 30.8 Å². The lowest BCUT2D eigenvalue weighted by Crippen LogP contribution is -2.46. The van der Waals surface area contributed by atoms with Gasteiger partial charge in [-0.2, -0.15) is 0 Å². The third kappa shape index (κ3) is 3.99. The van der Waals surface area contributed by atoms with E-state index in [9.17, 15) is 14.4 Å². The first kappa shape index (κ1) is 14.4. The molecule has 1 aliphatic rings. The Morgan fingerprint density at radius 3 is 2.44 bits per heavy atom. The molecule has 0 aromatic carbocycles. The first-order valence-corrected chi connectivity index (χ1v) is 6.07. The van der Waals surface area contributed by atoms with Crippen LogP contribution in [0.4, 0.5) is 0 Å². The van der Waals surface area contributed by atoms with Crippen molar-refractivity contribution in [1.82, 2.24) is 15.1 Å². The standard InChI is InChI=1S/C11H20N4O3/c1-14(11(18)10(17)13-5-4-12)8-9(16)15-6-2-3-7-15/h2-8,12H2,1H3,(H,13,17). The molecule has 0 spiro atoms. The van der Waals surface area contributed by atoms with E-state index in [1.54, 1.807) is 4.90 Å². The van der Waals surface area contributed by atoms with E-state index in [2.05, 4.69) is 5.32 Å². The number of nitrogens with one attached hydrogen (secondary N) is 1. The lowest BCUT2D eigenvalue weighted by molar-refractivity contribution is -0.147. The second kappa shape index (κ2) is 6.95. The summed E-state index contributed by atoms with van der Waals surface area (Å²) < 4.78 is 0. The van der Waals surface area contributed by atoms with Crippen LogP contribution in [0.15, 0.2) is 0 Å². The SMILES string of the molecule is CN(CC(=O)N1CCCC1)C(=O)C(=O)NCCN. The van der Waals surface area contributed by atoms with Crippen molar-refractivity contribution in [1.29, 1.82) is 0 Å². The fraction of sp³-hybridized carbons (Fsp3) is 0.727. The second-order valence-corrected chi connectivity index (χ2v) is 4.29. The van der Waals surface area contributed by atoms with Gasteiger partial charge in [0.05, 0.1) is 6.54 Å². The Morgan fingerprint density at radius 1 is 1.28 bits per heavy atom. The molecule has 0 saturated carbocycles. The monoisotopic (exact) mass is 256 g/mol. The zero-order valence-corrected chi connectivity index (χ0v) is 10.6. The van der Waals surface area contributed by atoms with E-state index in [0.29, 0.717) is 0 Å². The number of carbonyl (C=O) groups excluding carboxylic acids is 3. The number of nitrogens with zero attached hydrogens (tertiary/aromatic N) is 2. The van der Waals surface area contributed by atoms with E-state index in [4.69, 9.17) is 5.73 Å². The molecule has 3 amide bonds. The molecular weight excluding hydrogens is 236 g/mol. The summed E-state index contributed by atoms with van der Waals surface area (Å²) in [7, 11) is 1.44. The van der Waals surface area contributed by atoms with Crippen molar-refractivity contribution in [2.75, 3.05) is 39.8 Å². The van der Waals surface area contributed by atoms with Gasteiger partial charge in [0, 0.05) is 33.2 Å². The van der Waals surface area contributed by atoms with Gasteiger partial charge >= 0.3 is 11.8 Å². The normalized spacial score (nSPS) is 14.4. The zero-order valence-electron chi connectivity index (χ0n) is 10.6. The third-order valence-corrected chi connectivity index (χ3v) is 2.80. The molecule has 0 aliphatic carbocycles. The van der Waals surface area contributed by atoms with Crippen LogP contribution in [0.2, 0.25) is 0 Å². The summed E-state index contributed by atoms with van der Waals surface area (Å²) in [6, 6.07) is 0. The van der Waals surface area contributed by atoms with Gasteiger partial charge < -0.3 is 20.9 Å². The number of amides is 3. The molecule has 0 unspecified atom stereocenters. The van der Waals surface area contributed by atoms with E-state index < -0.39 is 11.8 Å². The highest BCUT2D eigenvalue weighted by atomic mass is 16.2. The van der Waals surface area contributed by atoms with E-state index in [1.807, 2.05) is 0 Å². The zero-order chi connectivity index (χ0) is 13.5. The Labute approximate surface area is 106 Å². The molecule has 0 aromatic heterocycles.